The van der Waals surface area contributed by atoms with Crippen LogP contribution in [0.25, 0.3) is 5.65 Å². The molecular formula is C9H7ClN2O2. The van der Waals surface area contributed by atoms with E-state index in [9.17, 15) is 4.79 Å². The van der Waals surface area contributed by atoms with Crippen molar-refractivity contribution in [3.8, 4) is 0 Å². The molecule has 0 bridgehead atoms. The normalized spacial score (nSPS) is 10.7. The summed E-state index contributed by atoms with van der Waals surface area (Å²) in [6.45, 7) is 1.79. The van der Waals surface area contributed by atoms with E-state index in [4.69, 9.17) is 16.7 Å². The minimum Gasteiger partial charge on any atom is -0.478 e. The van der Waals surface area contributed by atoms with E-state index in [-0.39, 0.29) is 5.56 Å². The molecule has 4 nitrogen and oxygen atoms in total. The number of carboxylic acids is 1. The van der Waals surface area contributed by atoms with Gasteiger partial charge in [-0.3, -0.25) is 0 Å². The van der Waals surface area contributed by atoms with Crippen LogP contribution in [-0.2, 0) is 0 Å². The Balaban J connectivity index is 2.76. The molecular weight excluding hydrogens is 204 g/mol. The van der Waals surface area contributed by atoms with Gasteiger partial charge in [-0.15, -0.1) is 0 Å². The van der Waals surface area contributed by atoms with E-state index >= 15 is 0 Å². The molecule has 0 aliphatic carbocycles. The van der Waals surface area contributed by atoms with Crippen LogP contribution < -0.4 is 0 Å². The van der Waals surface area contributed by atoms with Gasteiger partial charge in [-0.05, 0) is 19.1 Å². The Morgan fingerprint density at radius 2 is 2.29 bits per heavy atom. The third-order valence-electron chi connectivity index (χ3n) is 2.05. The van der Waals surface area contributed by atoms with Crippen LogP contribution in [0.4, 0.5) is 0 Å². The largest absolute Gasteiger partial charge is 0.478 e. The molecule has 0 fully saturated rings. The Morgan fingerprint density at radius 3 is 2.93 bits per heavy atom. The van der Waals surface area contributed by atoms with Crippen LogP contribution >= 0.6 is 11.6 Å². The number of aromatic carboxylic acids is 1. The number of hydrogen-bond acceptors (Lipinski definition) is 2. The Bertz CT molecular complexity index is 519. The van der Waals surface area contributed by atoms with Gasteiger partial charge in [-0.2, -0.15) is 0 Å². The van der Waals surface area contributed by atoms with Gasteiger partial charge in [-0.1, -0.05) is 11.6 Å². The molecule has 72 valence electrons. The van der Waals surface area contributed by atoms with Gasteiger partial charge in [0.25, 0.3) is 0 Å². The first kappa shape index (κ1) is 9.02. The third kappa shape index (κ3) is 1.24. The van der Waals surface area contributed by atoms with Crippen LogP contribution in [0.2, 0.25) is 5.15 Å². The van der Waals surface area contributed by atoms with Crippen LogP contribution in [0, 0.1) is 6.92 Å². The van der Waals surface area contributed by atoms with Gasteiger partial charge in [0.2, 0.25) is 0 Å². The molecule has 2 aromatic heterocycles. The predicted octanol–water partition coefficient (Wildman–Crippen LogP) is 1.99. The highest BCUT2D eigenvalue weighted by Crippen LogP contribution is 2.17. The Morgan fingerprint density at radius 1 is 1.57 bits per heavy atom. The lowest BCUT2D eigenvalue weighted by atomic mass is 10.3. The monoisotopic (exact) mass is 210 g/mol. The molecule has 5 heteroatoms. The number of fused-ring (bicyclic) bond motifs is 1. The first-order valence-electron chi connectivity index (χ1n) is 3.97. The SMILES string of the molecule is Cc1c(Cl)nc2ccc(C(=O)O)cn12. The summed E-state index contributed by atoms with van der Waals surface area (Å²) in [4.78, 5) is 14.7. The highest BCUT2D eigenvalue weighted by Gasteiger charge is 2.08. The van der Waals surface area contributed by atoms with Gasteiger partial charge in [-0.25, -0.2) is 9.78 Å². The number of nitrogens with zero attached hydrogens (tertiary/aromatic N) is 2. The number of aromatic nitrogens is 2. The molecule has 2 aromatic rings. The fourth-order valence-electron chi connectivity index (χ4n) is 1.26. The zero-order chi connectivity index (χ0) is 10.3. The summed E-state index contributed by atoms with van der Waals surface area (Å²) in [5, 5.41) is 9.17. The number of pyridine rings is 1. The average Bonchev–Trinajstić information content (AvgIpc) is 2.43. The molecule has 0 saturated heterocycles. The molecule has 0 aliphatic rings. The number of halogens is 1. The second-order valence-corrected chi connectivity index (χ2v) is 3.30. The summed E-state index contributed by atoms with van der Waals surface area (Å²) in [5.41, 5.74) is 1.61. The second kappa shape index (κ2) is 2.99. The zero-order valence-corrected chi connectivity index (χ0v) is 8.12. The Hall–Kier alpha value is -1.55. The molecule has 2 heterocycles. The molecule has 0 atom stereocenters. The van der Waals surface area contributed by atoms with Crippen molar-refractivity contribution in [2.75, 3.05) is 0 Å². The van der Waals surface area contributed by atoms with E-state index in [1.165, 1.54) is 12.3 Å². The smallest absolute Gasteiger partial charge is 0.337 e. The lowest BCUT2D eigenvalue weighted by molar-refractivity contribution is 0.0696. The maximum atomic E-state index is 10.7. The van der Waals surface area contributed by atoms with E-state index in [1.807, 2.05) is 0 Å². The Labute approximate surface area is 84.8 Å². The molecule has 0 unspecified atom stereocenters. The minimum atomic E-state index is -0.962. The van der Waals surface area contributed by atoms with Gasteiger partial charge in [0.1, 0.15) is 5.65 Å². The Kier molecular flexibility index (Phi) is 1.93. The fourth-order valence-corrected chi connectivity index (χ4v) is 1.44. The van der Waals surface area contributed by atoms with Crippen molar-refractivity contribution in [1.82, 2.24) is 9.38 Å². The molecule has 0 amide bonds. The van der Waals surface area contributed by atoms with Crippen LogP contribution in [-0.4, -0.2) is 20.5 Å². The average molecular weight is 211 g/mol. The number of aryl methyl sites for hydroxylation is 1. The van der Waals surface area contributed by atoms with E-state index < -0.39 is 5.97 Å². The highest BCUT2D eigenvalue weighted by atomic mass is 35.5. The summed E-state index contributed by atoms with van der Waals surface area (Å²) < 4.78 is 1.66. The lowest BCUT2D eigenvalue weighted by Gasteiger charge is -1.97. The predicted molar refractivity (Wildman–Crippen MR) is 51.9 cm³/mol. The summed E-state index contributed by atoms with van der Waals surface area (Å²) in [5.74, 6) is -0.962. The molecule has 1 N–H and O–H groups in total. The van der Waals surface area contributed by atoms with Crippen LogP contribution in [0.3, 0.4) is 0 Å². The summed E-state index contributed by atoms with van der Waals surface area (Å²) in [7, 11) is 0. The molecule has 0 spiro atoms. The van der Waals surface area contributed by atoms with Gasteiger partial charge in [0.05, 0.1) is 11.3 Å². The second-order valence-electron chi connectivity index (χ2n) is 2.94. The number of carbonyl (C=O) groups is 1. The fraction of sp³-hybridized carbons (Fsp3) is 0.111. The van der Waals surface area contributed by atoms with Crippen molar-refractivity contribution in [3.05, 3.63) is 34.7 Å². The molecule has 0 aliphatic heterocycles. The first-order valence-corrected chi connectivity index (χ1v) is 4.35. The van der Waals surface area contributed by atoms with Crippen molar-refractivity contribution >= 4 is 23.2 Å². The number of hydrogen-bond donors (Lipinski definition) is 1. The molecule has 0 radical (unpaired) electrons. The van der Waals surface area contributed by atoms with Gasteiger partial charge >= 0.3 is 5.97 Å². The zero-order valence-electron chi connectivity index (χ0n) is 7.36. The summed E-state index contributed by atoms with van der Waals surface area (Å²) in [6.07, 6.45) is 1.51. The maximum absolute atomic E-state index is 10.7. The number of carboxylic acid groups (broad SMARTS) is 1. The highest BCUT2D eigenvalue weighted by molar-refractivity contribution is 6.30. The number of rotatable bonds is 1. The maximum Gasteiger partial charge on any atom is 0.337 e. The van der Waals surface area contributed by atoms with Crippen LogP contribution in [0.15, 0.2) is 18.3 Å². The topological polar surface area (TPSA) is 54.6 Å². The van der Waals surface area contributed by atoms with E-state index in [0.29, 0.717) is 10.8 Å². The van der Waals surface area contributed by atoms with Gasteiger partial charge in [0, 0.05) is 6.20 Å². The molecule has 2 rings (SSSR count). The first-order chi connectivity index (χ1) is 6.59. The molecule has 0 aromatic carbocycles. The van der Waals surface area contributed by atoms with Crippen LogP contribution in [0.5, 0.6) is 0 Å². The van der Waals surface area contributed by atoms with Crippen molar-refractivity contribution in [2.24, 2.45) is 0 Å². The molecule has 0 saturated carbocycles. The standard InChI is InChI=1S/C9H7ClN2O2/c1-5-8(10)11-7-3-2-6(9(13)14)4-12(5)7/h2-4H,1H3,(H,13,14). The third-order valence-corrected chi connectivity index (χ3v) is 2.40. The van der Waals surface area contributed by atoms with Crippen molar-refractivity contribution in [3.63, 3.8) is 0 Å². The number of imidazole rings is 1. The minimum absolute atomic E-state index is 0.217. The van der Waals surface area contributed by atoms with Crippen molar-refractivity contribution < 1.29 is 9.90 Å². The summed E-state index contributed by atoms with van der Waals surface area (Å²) in [6, 6.07) is 3.13. The van der Waals surface area contributed by atoms with E-state index in [0.717, 1.165) is 5.69 Å². The summed E-state index contributed by atoms with van der Waals surface area (Å²) >= 11 is 5.80. The van der Waals surface area contributed by atoms with Gasteiger partial charge in [0.15, 0.2) is 5.15 Å². The van der Waals surface area contributed by atoms with Crippen LogP contribution in [0.1, 0.15) is 16.1 Å². The van der Waals surface area contributed by atoms with Crippen molar-refractivity contribution in [2.45, 2.75) is 6.92 Å². The lowest BCUT2D eigenvalue weighted by Crippen LogP contribution is -1.99. The van der Waals surface area contributed by atoms with Crippen molar-refractivity contribution in [1.29, 1.82) is 0 Å². The van der Waals surface area contributed by atoms with E-state index in [1.54, 1.807) is 17.4 Å². The quantitative estimate of drug-likeness (QED) is 0.783. The molecule has 14 heavy (non-hydrogen) atoms. The van der Waals surface area contributed by atoms with E-state index in [2.05, 4.69) is 4.98 Å². The van der Waals surface area contributed by atoms with Gasteiger partial charge < -0.3 is 9.51 Å².